The van der Waals surface area contributed by atoms with Crippen molar-refractivity contribution in [2.24, 2.45) is 28.9 Å². The molecule has 0 saturated heterocycles. The molecule has 13 nitrogen and oxygen atoms in total. The molecule has 13 heteroatoms. The molecule has 0 saturated carbocycles. The van der Waals surface area contributed by atoms with E-state index in [1.807, 2.05) is 6.92 Å². The van der Waals surface area contributed by atoms with Crippen LogP contribution in [0.25, 0.3) is 0 Å². The van der Waals surface area contributed by atoms with Crippen LogP contribution in [-0.4, -0.2) is 72.0 Å². The van der Waals surface area contributed by atoms with Crippen LogP contribution in [0.5, 0.6) is 0 Å². The van der Waals surface area contributed by atoms with Crippen LogP contribution in [0.2, 0.25) is 0 Å². The second-order valence-corrected chi connectivity index (χ2v) is 8.68. The van der Waals surface area contributed by atoms with E-state index in [0.717, 1.165) is 0 Å². The Morgan fingerprint density at radius 3 is 1.83 bits per heavy atom. The lowest BCUT2D eigenvalue weighted by molar-refractivity contribution is -0.142. The summed E-state index contributed by atoms with van der Waals surface area (Å²) < 4.78 is 0. The number of unbranched alkanes of at least 4 members (excludes halogenated alkanes) is 2. The summed E-state index contributed by atoms with van der Waals surface area (Å²) in [6.07, 6.45) is 2.91. The van der Waals surface area contributed by atoms with E-state index in [9.17, 15) is 29.1 Å². The van der Waals surface area contributed by atoms with Gasteiger partial charge in [-0.3, -0.25) is 19.2 Å². The fourth-order valence-corrected chi connectivity index (χ4v) is 3.30. The van der Waals surface area contributed by atoms with Crippen molar-refractivity contribution < 1.29 is 29.1 Å². The highest BCUT2D eigenvalue weighted by Crippen LogP contribution is 2.10. The summed E-state index contributed by atoms with van der Waals surface area (Å²) in [5.41, 5.74) is 22.0. The number of amides is 4. The van der Waals surface area contributed by atoms with Gasteiger partial charge in [-0.15, -0.1) is 0 Å². The predicted molar refractivity (Wildman–Crippen MR) is 130 cm³/mol. The number of nitrogens with two attached hydrogens (primary N) is 4. The van der Waals surface area contributed by atoms with Gasteiger partial charge in [0.25, 0.3) is 0 Å². The number of nitrogens with one attached hydrogen (secondary N) is 3. The van der Waals surface area contributed by atoms with Crippen molar-refractivity contribution in [3.8, 4) is 0 Å². The number of hydrogen-bond acceptors (Lipinski definition) is 8. The molecule has 0 aromatic carbocycles. The topological polar surface area (TPSA) is 246 Å². The molecular formula is C22H43N7O6. The number of hydrogen-bond donors (Lipinski definition) is 8. The second-order valence-electron chi connectivity index (χ2n) is 8.68. The Labute approximate surface area is 206 Å². The van der Waals surface area contributed by atoms with Crippen molar-refractivity contribution in [2.75, 3.05) is 13.1 Å². The van der Waals surface area contributed by atoms with Gasteiger partial charge < -0.3 is 44.0 Å². The number of primary amides is 1. The molecule has 0 bridgehead atoms. The molecule has 4 amide bonds. The third-order valence-electron chi connectivity index (χ3n) is 5.70. The number of carboxylic acids is 1. The van der Waals surface area contributed by atoms with Crippen molar-refractivity contribution in [2.45, 2.75) is 89.4 Å². The summed E-state index contributed by atoms with van der Waals surface area (Å²) in [6.45, 7) is 4.42. The maximum absolute atomic E-state index is 13.0. The molecule has 0 spiro atoms. The predicted octanol–water partition coefficient (Wildman–Crippen LogP) is -1.97. The van der Waals surface area contributed by atoms with Crippen LogP contribution in [0.3, 0.4) is 0 Å². The van der Waals surface area contributed by atoms with E-state index >= 15 is 0 Å². The smallest absolute Gasteiger partial charge is 0.326 e. The lowest BCUT2D eigenvalue weighted by Gasteiger charge is -2.27. The second kappa shape index (κ2) is 17.6. The van der Waals surface area contributed by atoms with Crippen molar-refractivity contribution >= 4 is 29.6 Å². The van der Waals surface area contributed by atoms with Crippen LogP contribution in [0.15, 0.2) is 0 Å². The summed E-state index contributed by atoms with van der Waals surface area (Å²) in [7, 11) is 0. The van der Waals surface area contributed by atoms with E-state index < -0.39 is 60.2 Å². The minimum absolute atomic E-state index is 0.128. The fraction of sp³-hybridized carbons (Fsp3) is 0.773. The zero-order valence-electron chi connectivity index (χ0n) is 20.8. The normalized spacial score (nSPS) is 15.2. The molecule has 0 radical (unpaired) electrons. The molecule has 12 N–H and O–H groups in total. The molecular weight excluding hydrogens is 458 g/mol. The monoisotopic (exact) mass is 501 g/mol. The standard InChI is InChI=1S/C22H43N7O6/c1-3-13(2)18(29-19(31)14(25)8-4-6-10-23)21(33)28-16(12-17(26)30)20(32)27-15(22(34)35)9-5-7-11-24/h13-16,18H,3-12,23-25H2,1-2H3,(H2,26,30)(H,27,32)(H,28,33)(H,29,31)(H,34,35). The first-order chi connectivity index (χ1) is 16.5. The van der Waals surface area contributed by atoms with Gasteiger partial charge in [-0.2, -0.15) is 0 Å². The van der Waals surface area contributed by atoms with Crippen LogP contribution in [-0.2, 0) is 24.0 Å². The fourth-order valence-electron chi connectivity index (χ4n) is 3.30. The molecule has 0 aromatic heterocycles. The summed E-state index contributed by atoms with van der Waals surface area (Å²) in [5.74, 6) is -4.55. The minimum Gasteiger partial charge on any atom is -0.480 e. The lowest BCUT2D eigenvalue weighted by Crippen LogP contribution is -2.59. The van der Waals surface area contributed by atoms with E-state index in [4.69, 9.17) is 22.9 Å². The summed E-state index contributed by atoms with van der Waals surface area (Å²) in [5, 5.41) is 16.8. The Morgan fingerprint density at radius 2 is 1.34 bits per heavy atom. The first kappa shape index (κ1) is 32.2. The van der Waals surface area contributed by atoms with Gasteiger partial charge in [0.2, 0.25) is 23.6 Å². The van der Waals surface area contributed by atoms with Crippen LogP contribution in [0.4, 0.5) is 0 Å². The van der Waals surface area contributed by atoms with E-state index in [1.54, 1.807) is 6.92 Å². The zero-order chi connectivity index (χ0) is 27.0. The first-order valence-electron chi connectivity index (χ1n) is 12.1. The summed E-state index contributed by atoms with van der Waals surface area (Å²) in [6, 6.07) is -4.51. The van der Waals surface area contributed by atoms with Gasteiger partial charge in [0.1, 0.15) is 18.1 Å². The molecule has 202 valence electrons. The maximum atomic E-state index is 13.0. The van der Waals surface area contributed by atoms with Gasteiger partial charge in [-0.05, 0) is 51.1 Å². The van der Waals surface area contributed by atoms with Crippen molar-refractivity contribution in [1.82, 2.24) is 16.0 Å². The van der Waals surface area contributed by atoms with Gasteiger partial charge in [0, 0.05) is 0 Å². The highest BCUT2D eigenvalue weighted by Gasteiger charge is 2.33. The SMILES string of the molecule is CCC(C)C(NC(=O)C(N)CCCCN)C(=O)NC(CC(N)=O)C(=O)NC(CCCCN)C(=O)O. The Kier molecular flexibility index (Phi) is 16.2. The molecule has 35 heavy (non-hydrogen) atoms. The van der Waals surface area contributed by atoms with Crippen molar-refractivity contribution in [3.63, 3.8) is 0 Å². The average molecular weight is 502 g/mol. The molecule has 0 fully saturated rings. The number of carbonyl (C=O) groups is 5. The molecule has 0 aliphatic heterocycles. The summed E-state index contributed by atoms with van der Waals surface area (Å²) in [4.78, 5) is 61.4. The van der Waals surface area contributed by atoms with Crippen LogP contribution in [0.1, 0.15) is 65.2 Å². The number of rotatable bonds is 19. The van der Waals surface area contributed by atoms with E-state index in [-0.39, 0.29) is 12.3 Å². The van der Waals surface area contributed by atoms with Gasteiger partial charge in [0.15, 0.2) is 0 Å². The Bertz CT molecular complexity index is 706. The number of carboxylic acid groups (broad SMARTS) is 1. The van der Waals surface area contributed by atoms with Crippen molar-refractivity contribution in [3.05, 3.63) is 0 Å². The maximum Gasteiger partial charge on any atom is 0.326 e. The Hall–Kier alpha value is -2.77. The molecule has 0 aliphatic rings. The molecule has 0 heterocycles. The molecule has 0 aromatic rings. The quantitative estimate of drug-likeness (QED) is 0.0913. The van der Waals surface area contributed by atoms with Gasteiger partial charge >= 0.3 is 5.97 Å². The van der Waals surface area contributed by atoms with Crippen LogP contribution in [0, 0.1) is 5.92 Å². The first-order valence-corrected chi connectivity index (χ1v) is 12.1. The highest BCUT2D eigenvalue weighted by molar-refractivity contribution is 5.96. The molecule has 5 unspecified atom stereocenters. The van der Waals surface area contributed by atoms with E-state index in [0.29, 0.717) is 51.6 Å². The number of carbonyl (C=O) groups excluding carboxylic acids is 4. The summed E-state index contributed by atoms with van der Waals surface area (Å²) >= 11 is 0. The average Bonchev–Trinajstić information content (AvgIpc) is 2.80. The van der Waals surface area contributed by atoms with Gasteiger partial charge in [-0.25, -0.2) is 4.79 Å². The van der Waals surface area contributed by atoms with Gasteiger partial charge in [0.05, 0.1) is 12.5 Å². The van der Waals surface area contributed by atoms with Crippen molar-refractivity contribution in [1.29, 1.82) is 0 Å². The minimum atomic E-state index is -1.42. The molecule has 5 atom stereocenters. The Morgan fingerprint density at radius 1 is 0.800 bits per heavy atom. The van der Waals surface area contributed by atoms with E-state index in [2.05, 4.69) is 16.0 Å². The third-order valence-corrected chi connectivity index (χ3v) is 5.70. The largest absolute Gasteiger partial charge is 0.480 e. The van der Waals surface area contributed by atoms with Crippen LogP contribution < -0.4 is 38.9 Å². The molecule has 0 rings (SSSR count). The van der Waals surface area contributed by atoms with E-state index in [1.165, 1.54) is 0 Å². The van der Waals surface area contributed by atoms with Crippen LogP contribution >= 0.6 is 0 Å². The highest BCUT2D eigenvalue weighted by atomic mass is 16.4. The number of aliphatic carboxylic acids is 1. The van der Waals surface area contributed by atoms with Gasteiger partial charge in [-0.1, -0.05) is 26.7 Å². The lowest BCUT2D eigenvalue weighted by atomic mass is 9.97. The Balaban J connectivity index is 5.45. The molecule has 0 aliphatic carbocycles. The third kappa shape index (κ3) is 13.0. The zero-order valence-corrected chi connectivity index (χ0v) is 20.8.